The molecule has 2 N–H and O–H groups in total. The van der Waals surface area contributed by atoms with Gasteiger partial charge in [0.2, 0.25) is 5.91 Å². The highest BCUT2D eigenvalue weighted by molar-refractivity contribution is 5.84. The van der Waals surface area contributed by atoms with Gasteiger partial charge in [0.1, 0.15) is 6.04 Å². The molecule has 5 heteroatoms. The third-order valence-corrected chi connectivity index (χ3v) is 3.10. The minimum absolute atomic E-state index is 0.0626. The average molecular weight is 258 g/mol. The molecule has 0 spiro atoms. The summed E-state index contributed by atoms with van der Waals surface area (Å²) in [4.78, 5) is 24.7. The van der Waals surface area contributed by atoms with Gasteiger partial charge in [0.05, 0.1) is 6.54 Å². The van der Waals surface area contributed by atoms with E-state index in [0.29, 0.717) is 0 Å². The second-order valence-electron chi connectivity index (χ2n) is 4.86. The molecular formula is C13H26N2O3. The first-order valence-electron chi connectivity index (χ1n) is 6.63. The van der Waals surface area contributed by atoms with Gasteiger partial charge in [-0.3, -0.25) is 9.69 Å². The Labute approximate surface area is 110 Å². The van der Waals surface area contributed by atoms with E-state index in [1.165, 1.54) is 0 Å². The van der Waals surface area contributed by atoms with E-state index in [1.807, 2.05) is 25.8 Å². The molecule has 0 aromatic heterocycles. The van der Waals surface area contributed by atoms with Gasteiger partial charge in [-0.2, -0.15) is 0 Å². The van der Waals surface area contributed by atoms with Gasteiger partial charge in [-0.05, 0) is 25.9 Å². The van der Waals surface area contributed by atoms with Gasteiger partial charge in [0, 0.05) is 0 Å². The standard InChI is InChI=1S/C13H26N2O3/c1-5-7-8-15(4)9-11(16)14-12(13(17)18)10(3)6-2/h10,12H,5-9H2,1-4H3,(H,14,16)(H,17,18). The minimum Gasteiger partial charge on any atom is -0.480 e. The molecule has 0 saturated heterocycles. The van der Waals surface area contributed by atoms with Crippen molar-refractivity contribution in [2.45, 2.75) is 46.1 Å². The van der Waals surface area contributed by atoms with E-state index in [9.17, 15) is 9.59 Å². The molecule has 5 nitrogen and oxygen atoms in total. The van der Waals surface area contributed by atoms with Crippen molar-refractivity contribution in [3.8, 4) is 0 Å². The maximum absolute atomic E-state index is 11.7. The fourth-order valence-corrected chi connectivity index (χ4v) is 1.65. The number of unbranched alkanes of at least 4 members (excludes halogenated alkanes) is 1. The number of amides is 1. The first-order valence-corrected chi connectivity index (χ1v) is 6.63. The lowest BCUT2D eigenvalue weighted by atomic mass is 9.99. The van der Waals surface area contributed by atoms with Gasteiger partial charge < -0.3 is 10.4 Å². The van der Waals surface area contributed by atoms with Crippen LogP contribution in [0.25, 0.3) is 0 Å². The van der Waals surface area contributed by atoms with Crippen molar-refractivity contribution in [2.75, 3.05) is 20.1 Å². The van der Waals surface area contributed by atoms with Crippen molar-refractivity contribution < 1.29 is 14.7 Å². The second-order valence-corrected chi connectivity index (χ2v) is 4.86. The number of likely N-dealkylation sites (N-methyl/N-ethyl adjacent to an activating group) is 1. The van der Waals surface area contributed by atoms with Crippen LogP contribution in [0.4, 0.5) is 0 Å². The number of carboxylic acids is 1. The third kappa shape index (κ3) is 6.59. The SMILES string of the molecule is CCCCN(C)CC(=O)NC(C(=O)O)C(C)CC. The van der Waals surface area contributed by atoms with Crippen molar-refractivity contribution >= 4 is 11.9 Å². The number of hydrogen-bond acceptors (Lipinski definition) is 3. The lowest BCUT2D eigenvalue weighted by molar-refractivity contribution is -0.143. The Morgan fingerprint density at radius 2 is 1.94 bits per heavy atom. The molecule has 2 unspecified atom stereocenters. The lowest BCUT2D eigenvalue weighted by Gasteiger charge is -2.22. The van der Waals surface area contributed by atoms with Crippen molar-refractivity contribution in [1.29, 1.82) is 0 Å². The summed E-state index contributed by atoms with van der Waals surface area (Å²) in [6.45, 7) is 6.95. The third-order valence-electron chi connectivity index (χ3n) is 3.10. The summed E-state index contributed by atoms with van der Waals surface area (Å²) in [6.07, 6.45) is 2.84. The second kappa shape index (κ2) is 8.91. The smallest absolute Gasteiger partial charge is 0.326 e. The number of rotatable bonds is 9. The maximum atomic E-state index is 11.7. The van der Waals surface area contributed by atoms with Crippen molar-refractivity contribution in [1.82, 2.24) is 10.2 Å². The van der Waals surface area contributed by atoms with Gasteiger partial charge in [-0.25, -0.2) is 4.79 Å². The summed E-state index contributed by atoms with van der Waals surface area (Å²) < 4.78 is 0. The largest absolute Gasteiger partial charge is 0.480 e. The van der Waals surface area contributed by atoms with Crippen molar-refractivity contribution in [2.24, 2.45) is 5.92 Å². The summed E-state index contributed by atoms with van der Waals surface area (Å²) in [6, 6.07) is -0.790. The maximum Gasteiger partial charge on any atom is 0.326 e. The van der Waals surface area contributed by atoms with Crippen LogP contribution in [-0.2, 0) is 9.59 Å². The zero-order valence-corrected chi connectivity index (χ0v) is 11.9. The molecule has 0 fully saturated rings. The predicted octanol–water partition coefficient (Wildman–Crippen LogP) is 1.33. The summed E-state index contributed by atoms with van der Waals surface area (Å²) in [7, 11) is 1.87. The Kier molecular flexibility index (Phi) is 8.37. The van der Waals surface area contributed by atoms with E-state index >= 15 is 0 Å². The van der Waals surface area contributed by atoms with Crippen LogP contribution in [0.5, 0.6) is 0 Å². The highest BCUT2D eigenvalue weighted by atomic mass is 16.4. The lowest BCUT2D eigenvalue weighted by Crippen LogP contribution is -2.48. The zero-order valence-electron chi connectivity index (χ0n) is 11.9. The molecule has 18 heavy (non-hydrogen) atoms. The average Bonchev–Trinajstić information content (AvgIpc) is 2.32. The monoisotopic (exact) mass is 258 g/mol. The van der Waals surface area contributed by atoms with Gasteiger partial charge >= 0.3 is 5.97 Å². The normalized spacial score (nSPS) is 14.3. The van der Waals surface area contributed by atoms with Crippen LogP contribution >= 0.6 is 0 Å². The van der Waals surface area contributed by atoms with Crippen LogP contribution in [0.2, 0.25) is 0 Å². The van der Waals surface area contributed by atoms with Crippen LogP contribution in [0.15, 0.2) is 0 Å². The number of nitrogens with zero attached hydrogens (tertiary/aromatic N) is 1. The molecule has 0 bridgehead atoms. The number of carboxylic acid groups (broad SMARTS) is 1. The van der Waals surface area contributed by atoms with Crippen LogP contribution in [0.1, 0.15) is 40.0 Å². The minimum atomic E-state index is -0.964. The zero-order chi connectivity index (χ0) is 14.1. The number of carbonyl (C=O) groups excluding carboxylic acids is 1. The molecule has 0 radical (unpaired) electrons. The molecule has 0 aliphatic carbocycles. The van der Waals surface area contributed by atoms with E-state index in [-0.39, 0.29) is 18.4 Å². The predicted molar refractivity (Wildman–Crippen MR) is 71.4 cm³/mol. The molecule has 1 amide bonds. The Morgan fingerprint density at radius 1 is 1.33 bits per heavy atom. The number of carbonyl (C=O) groups is 2. The topological polar surface area (TPSA) is 69.6 Å². The summed E-state index contributed by atoms with van der Waals surface area (Å²) >= 11 is 0. The van der Waals surface area contributed by atoms with E-state index in [1.54, 1.807) is 0 Å². The van der Waals surface area contributed by atoms with E-state index in [4.69, 9.17) is 5.11 Å². The van der Waals surface area contributed by atoms with Gasteiger partial charge in [0.15, 0.2) is 0 Å². The van der Waals surface area contributed by atoms with E-state index < -0.39 is 12.0 Å². The van der Waals surface area contributed by atoms with Gasteiger partial charge in [-0.1, -0.05) is 33.6 Å². The van der Waals surface area contributed by atoms with E-state index in [2.05, 4.69) is 12.2 Å². The number of nitrogens with one attached hydrogen (secondary N) is 1. The molecule has 0 saturated carbocycles. The number of aliphatic carboxylic acids is 1. The fourth-order valence-electron chi connectivity index (χ4n) is 1.65. The Balaban J connectivity index is 4.21. The van der Waals surface area contributed by atoms with Crippen LogP contribution in [0, 0.1) is 5.92 Å². The molecule has 0 heterocycles. The first kappa shape index (κ1) is 16.9. The first-order chi connectivity index (χ1) is 8.42. The summed E-state index contributed by atoms with van der Waals surface area (Å²) in [5, 5.41) is 11.7. The van der Waals surface area contributed by atoms with Crippen LogP contribution < -0.4 is 5.32 Å². The van der Waals surface area contributed by atoms with E-state index in [0.717, 1.165) is 25.8 Å². The van der Waals surface area contributed by atoms with Crippen molar-refractivity contribution in [3.05, 3.63) is 0 Å². The quantitative estimate of drug-likeness (QED) is 0.654. The molecule has 0 aromatic rings. The highest BCUT2D eigenvalue weighted by Gasteiger charge is 2.25. The van der Waals surface area contributed by atoms with Gasteiger partial charge in [0.25, 0.3) is 0 Å². The Morgan fingerprint density at radius 3 is 2.39 bits per heavy atom. The molecule has 2 atom stereocenters. The summed E-state index contributed by atoms with van der Waals surface area (Å²) in [5.74, 6) is -1.25. The van der Waals surface area contributed by atoms with Gasteiger partial charge in [-0.15, -0.1) is 0 Å². The Hall–Kier alpha value is -1.10. The number of hydrogen-bond donors (Lipinski definition) is 2. The Bertz CT molecular complexity index is 269. The highest BCUT2D eigenvalue weighted by Crippen LogP contribution is 2.07. The summed E-state index contributed by atoms with van der Waals surface area (Å²) in [5.41, 5.74) is 0. The molecular weight excluding hydrogens is 232 g/mol. The fraction of sp³-hybridized carbons (Fsp3) is 0.846. The molecule has 0 aromatic carbocycles. The molecule has 0 aliphatic rings. The van der Waals surface area contributed by atoms with Crippen molar-refractivity contribution in [3.63, 3.8) is 0 Å². The molecule has 0 rings (SSSR count). The van der Waals surface area contributed by atoms with Crippen LogP contribution in [0.3, 0.4) is 0 Å². The molecule has 0 aliphatic heterocycles. The van der Waals surface area contributed by atoms with Crippen LogP contribution in [-0.4, -0.2) is 48.1 Å². The molecule has 106 valence electrons.